The van der Waals surface area contributed by atoms with Crippen LogP contribution in [0.2, 0.25) is 0 Å². The first-order valence-corrected chi connectivity index (χ1v) is 16.5. The third-order valence-corrected chi connectivity index (χ3v) is 9.54. The number of carboxylic acids is 1. The van der Waals surface area contributed by atoms with Gasteiger partial charge in [-0.25, -0.2) is 13.4 Å². The van der Waals surface area contributed by atoms with Gasteiger partial charge in [0.05, 0.1) is 10.4 Å². The second kappa shape index (κ2) is 14.0. The number of fused-ring (bicyclic) bond motifs is 1. The number of sulfonamides is 1. The lowest BCUT2D eigenvalue weighted by atomic mass is 10.1. The Morgan fingerprint density at radius 3 is 2.38 bits per heavy atom. The number of aromatic nitrogens is 3. The molecular formula is C34H36N6O6S. The predicted octanol–water partition coefficient (Wildman–Crippen LogP) is 3.67. The van der Waals surface area contributed by atoms with Crippen molar-refractivity contribution in [1.29, 1.82) is 0 Å². The molecule has 0 aliphatic carbocycles. The summed E-state index contributed by atoms with van der Waals surface area (Å²) in [6.45, 7) is 5.40. The zero-order valence-corrected chi connectivity index (χ0v) is 27.0. The number of rotatable bonds is 13. The lowest BCUT2D eigenvalue weighted by Gasteiger charge is -2.19. The molecule has 47 heavy (non-hydrogen) atoms. The monoisotopic (exact) mass is 656 g/mol. The number of pyridine rings is 1. The fourth-order valence-electron chi connectivity index (χ4n) is 5.64. The van der Waals surface area contributed by atoms with Crippen molar-refractivity contribution in [1.82, 2.24) is 24.6 Å². The van der Waals surface area contributed by atoms with Crippen LogP contribution < -0.4 is 20.8 Å². The van der Waals surface area contributed by atoms with Gasteiger partial charge < -0.3 is 25.3 Å². The Bertz CT molecular complexity index is 2070. The molecule has 0 bridgehead atoms. The van der Waals surface area contributed by atoms with Gasteiger partial charge in [0.15, 0.2) is 5.95 Å². The molecule has 3 aromatic carbocycles. The van der Waals surface area contributed by atoms with Gasteiger partial charge in [0, 0.05) is 43.6 Å². The van der Waals surface area contributed by atoms with Crippen LogP contribution in [0.15, 0.2) is 88.9 Å². The molecule has 0 aliphatic heterocycles. The third-order valence-electron chi connectivity index (χ3n) is 7.77. The second-order valence-electron chi connectivity index (χ2n) is 11.4. The molecule has 0 radical (unpaired) electrons. The van der Waals surface area contributed by atoms with Gasteiger partial charge in [0.1, 0.15) is 11.6 Å². The first-order chi connectivity index (χ1) is 22.4. The Kier molecular flexibility index (Phi) is 9.87. The Morgan fingerprint density at radius 2 is 1.72 bits per heavy atom. The van der Waals surface area contributed by atoms with Crippen LogP contribution in [0.25, 0.3) is 10.9 Å². The smallest absolute Gasteiger partial charge is 0.323 e. The van der Waals surface area contributed by atoms with Gasteiger partial charge in [-0.05, 0) is 61.6 Å². The molecule has 5 aromatic rings. The van der Waals surface area contributed by atoms with E-state index in [1.165, 1.54) is 6.20 Å². The molecule has 13 heteroatoms. The van der Waals surface area contributed by atoms with E-state index >= 15 is 0 Å². The van der Waals surface area contributed by atoms with E-state index in [2.05, 4.69) is 25.3 Å². The van der Waals surface area contributed by atoms with E-state index in [4.69, 9.17) is 0 Å². The number of amides is 1. The number of nitrogens with zero attached hydrogens (tertiary/aromatic N) is 2. The minimum absolute atomic E-state index is 0.0183. The molecule has 0 aliphatic rings. The summed E-state index contributed by atoms with van der Waals surface area (Å²) < 4.78 is 30.5. The van der Waals surface area contributed by atoms with Crippen LogP contribution >= 0.6 is 0 Å². The Labute approximate surface area is 271 Å². The number of H-pyrrole nitrogens is 1. The first kappa shape index (κ1) is 33.1. The predicted molar refractivity (Wildman–Crippen MR) is 179 cm³/mol. The number of carbonyl (C=O) groups is 2. The summed E-state index contributed by atoms with van der Waals surface area (Å²) in [5.41, 5.74) is 3.66. The average molecular weight is 657 g/mol. The van der Waals surface area contributed by atoms with Crippen molar-refractivity contribution in [3.63, 3.8) is 0 Å². The standard InChI is InChI=1S/C34H36N6O6S/c1-21-15-22(2)31(23(3)16-21)47(45,46)39-28(33(43)44)19-37-32(42)27-20-40(14-11-24-7-5-4-6-8-24)29-17-25(9-10-26(29)30(27)41)18-38-34-35-12-13-36-34/h4-10,12-13,15-17,20,28,39H,11,14,18-19H2,1-3H3,(H,37,42)(H,43,44)(H2,35,36,38). The van der Waals surface area contributed by atoms with Crippen molar-refractivity contribution in [2.75, 3.05) is 11.9 Å². The number of aliphatic carboxylic acids is 1. The molecule has 1 amide bonds. The van der Waals surface area contributed by atoms with Gasteiger partial charge in [-0.3, -0.25) is 14.4 Å². The van der Waals surface area contributed by atoms with Crippen molar-refractivity contribution >= 4 is 38.8 Å². The zero-order valence-electron chi connectivity index (χ0n) is 26.2. The number of imidazole rings is 1. The van der Waals surface area contributed by atoms with Crippen LogP contribution in [-0.2, 0) is 34.3 Å². The molecule has 0 saturated carbocycles. The first-order valence-electron chi connectivity index (χ1n) is 15.0. The fraction of sp³-hybridized carbons (Fsp3) is 0.235. The number of nitrogens with one attached hydrogen (secondary N) is 4. The number of hydrogen-bond donors (Lipinski definition) is 5. The molecule has 5 rings (SSSR count). The van der Waals surface area contributed by atoms with Gasteiger partial charge in [0.25, 0.3) is 5.91 Å². The summed E-state index contributed by atoms with van der Waals surface area (Å²) in [5.74, 6) is -1.70. The zero-order chi connectivity index (χ0) is 33.7. The molecular weight excluding hydrogens is 620 g/mol. The molecule has 5 N–H and O–H groups in total. The highest BCUT2D eigenvalue weighted by molar-refractivity contribution is 7.89. The van der Waals surface area contributed by atoms with Gasteiger partial charge in [-0.15, -0.1) is 0 Å². The molecule has 1 unspecified atom stereocenters. The normalized spacial score (nSPS) is 12.1. The molecule has 0 fully saturated rings. The van der Waals surface area contributed by atoms with Gasteiger partial charge in [-0.2, -0.15) is 4.72 Å². The summed E-state index contributed by atoms with van der Waals surface area (Å²) >= 11 is 0. The summed E-state index contributed by atoms with van der Waals surface area (Å²) in [6.07, 6.45) is 5.42. The van der Waals surface area contributed by atoms with Crippen molar-refractivity contribution in [3.05, 3.63) is 123 Å². The number of aryl methyl sites for hydroxylation is 5. The maximum atomic E-state index is 13.6. The summed E-state index contributed by atoms with van der Waals surface area (Å²) in [6, 6.07) is 16.8. The van der Waals surface area contributed by atoms with Gasteiger partial charge in [-0.1, -0.05) is 54.1 Å². The van der Waals surface area contributed by atoms with Crippen LogP contribution in [0, 0.1) is 20.8 Å². The molecule has 0 saturated heterocycles. The second-order valence-corrected chi connectivity index (χ2v) is 13.0. The van der Waals surface area contributed by atoms with Crippen LogP contribution in [0.1, 0.15) is 38.2 Å². The largest absolute Gasteiger partial charge is 0.480 e. The highest BCUT2D eigenvalue weighted by Gasteiger charge is 2.29. The number of carboxylic acid groups (broad SMARTS) is 1. The topological polar surface area (TPSA) is 175 Å². The highest BCUT2D eigenvalue weighted by Crippen LogP contribution is 2.22. The lowest BCUT2D eigenvalue weighted by Crippen LogP contribution is -2.49. The van der Waals surface area contributed by atoms with E-state index in [0.29, 0.717) is 47.5 Å². The van der Waals surface area contributed by atoms with Crippen LogP contribution in [-0.4, -0.2) is 52.5 Å². The van der Waals surface area contributed by atoms with Crippen LogP contribution in [0.4, 0.5) is 5.95 Å². The van der Waals surface area contributed by atoms with Crippen molar-refractivity contribution in [3.8, 4) is 0 Å². The van der Waals surface area contributed by atoms with E-state index < -0.39 is 39.9 Å². The van der Waals surface area contributed by atoms with Crippen LogP contribution in [0.3, 0.4) is 0 Å². The lowest BCUT2D eigenvalue weighted by molar-refractivity contribution is -0.138. The maximum Gasteiger partial charge on any atom is 0.323 e. The van der Waals surface area contributed by atoms with E-state index in [-0.39, 0.29) is 10.5 Å². The van der Waals surface area contributed by atoms with E-state index in [1.807, 2.05) is 47.9 Å². The van der Waals surface area contributed by atoms with Gasteiger partial charge in [0.2, 0.25) is 15.5 Å². The quantitative estimate of drug-likeness (QED) is 0.128. The number of benzene rings is 3. The van der Waals surface area contributed by atoms with Gasteiger partial charge >= 0.3 is 5.97 Å². The van der Waals surface area contributed by atoms with E-state index in [0.717, 1.165) is 16.7 Å². The van der Waals surface area contributed by atoms with E-state index in [9.17, 15) is 27.9 Å². The Hall–Kier alpha value is -5.27. The molecule has 2 heterocycles. The number of aromatic amines is 1. The van der Waals surface area contributed by atoms with Crippen molar-refractivity contribution in [2.45, 2.75) is 51.2 Å². The molecule has 0 spiro atoms. The van der Waals surface area contributed by atoms with Crippen LogP contribution in [0.5, 0.6) is 0 Å². The maximum absolute atomic E-state index is 13.6. The SMILES string of the molecule is Cc1cc(C)c(S(=O)(=O)NC(CNC(=O)c2cn(CCc3ccccc3)c3cc(CNc4ncc[nH]4)ccc3c2=O)C(=O)O)c(C)c1. The molecule has 12 nitrogen and oxygen atoms in total. The number of carbonyl (C=O) groups excluding carboxylic acids is 1. The van der Waals surface area contributed by atoms with Crippen molar-refractivity contribution in [2.24, 2.45) is 0 Å². The fourth-order valence-corrected chi connectivity index (χ4v) is 7.28. The minimum atomic E-state index is -4.25. The summed E-state index contributed by atoms with van der Waals surface area (Å²) in [7, 11) is -4.25. The average Bonchev–Trinajstić information content (AvgIpc) is 3.55. The number of hydrogen-bond acceptors (Lipinski definition) is 7. The molecule has 2 aromatic heterocycles. The minimum Gasteiger partial charge on any atom is -0.480 e. The molecule has 1 atom stereocenters. The van der Waals surface area contributed by atoms with E-state index in [1.54, 1.807) is 50.5 Å². The molecule has 244 valence electrons. The summed E-state index contributed by atoms with van der Waals surface area (Å²) in [5, 5.41) is 15.8. The highest BCUT2D eigenvalue weighted by atomic mass is 32.2. The Morgan fingerprint density at radius 1 is 1.00 bits per heavy atom. The Balaban J connectivity index is 1.41. The number of anilines is 1. The van der Waals surface area contributed by atoms with Crippen molar-refractivity contribution < 1.29 is 23.1 Å². The summed E-state index contributed by atoms with van der Waals surface area (Å²) in [4.78, 5) is 46.3. The third kappa shape index (κ3) is 7.76.